The van der Waals surface area contributed by atoms with Gasteiger partial charge in [-0.15, -0.1) is 11.8 Å². The molecule has 3 aromatic rings. The topological polar surface area (TPSA) is 175 Å². The highest BCUT2D eigenvalue weighted by atomic mass is 33.1. The van der Waals surface area contributed by atoms with Gasteiger partial charge in [-0.2, -0.15) is 0 Å². The van der Waals surface area contributed by atoms with Crippen LogP contribution in [0.3, 0.4) is 0 Å². The summed E-state index contributed by atoms with van der Waals surface area (Å²) in [5, 5.41) is 15.6. The number of nitrogens with one attached hydrogen (secondary N) is 6. The van der Waals surface area contributed by atoms with E-state index in [0.29, 0.717) is 17.3 Å². The van der Waals surface area contributed by atoms with E-state index < -0.39 is 22.9 Å². The number of carbonyl (C=O) groups excluding carboxylic acids is 6. The number of piperazine rings is 3. The van der Waals surface area contributed by atoms with Gasteiger partial charge in [0.15, 0.2) is 0 Å². The van der Waals surface area contributed by atoms with Gasteiger partial charge in [0.25, 0.3) is 0 Å². The lowest BCUT2D eigenvalue weighted by molar-refractivity contribution is -0.133. The lowest BCUT2D eigenvalue weighted by Gasteiger charge is -2.37. The van der Waals surface area contributed by atoms with Crippen molar-refractivity contribution in [2.45, 2.75) is 22.9 Å². The molecule has 0 bridgehead atoms. The zero-order valence-corrected chi connectivity index (χ0v) is 28.8. The quantitative estimate of drug-likeness (QED) is 0.0957. The fourth-order valence-electron chi connectivity index (χ4n) is 5.37. The molecule has 0 radical (unpaired) electrons. The predicted octanol–water partition coefficient (Wildman–Crippen LogP) is 0.923. The van der Waals surface area contributed by atoms with E-state index in [1.807, 2.05) is 54.6 Å². The van der Waals surface area contributed by atoms with E-state index in [1.165, 1.54) is 21.6 Å². The standard InChI is InChI=1S/C24H22N2O2S.C10H14N4O4S2/c27-22-16-25-23(28)21(26-22)17-29-24(18-10-4-1-5-11-18,19-12-6-2-7-13-19)20-14-8-3-9-15-20;15-7-1-11-9(17)5(13-7)3-19-20-4-6-10(18)12-2-8(16)14-6/h1-15,21H,16-17H2,(H,25,28)(H,26,27);5-6H,1-4H2,(H,11,17)(H,12,18)(H,13,15)(H,14,16)/t21-;5-,6-/m00/s1. The fourth-order valence-corrected chi connectivity index (χ4v) is 9.25. The van der Waals surface area contributed by atoms with Gasteiger partial charge in [0.2, 0.25) is 35.4 Å². The third-order valence-electron chi connectivity index (χ3n) is 7.78. The van der Waals surface area contributed by atoms with Gasteiger partial charge in [0.1, 0.15) is 18.1 Å². The minimum atomic E-state index is -0.559. The Balaban J connectivity index is 0.000000205. The molecule has 3 heterocycles. The molecule has 3 aromatic carbocycles. The molecule has 6 amide bonds. The van der Waals surface area contributed by atoms with Crippen molar-refractivity contribution in [1.29, 1.82) is 0 Å². The largest absolute Gasteiger partial charge is 0.345 e. The normalized spacial score (nSPS) is 20.7. The Hall–Kier alpha value is -4.47. The van der Waals surface area contributed by atoms with Crippen LogP contribution in [-0.4, -0.2) is 90.5 Å². The summed E-state index contributed by atoms with van der Waals surface area (Å²) >= 11 is 1.67. The summed E-state index contributed by atoms with van der Waals surface area (Å²) in [6.45, 7) is 0.0735. The summed E-state index contributed by atoms with van der Waals surface area (Å²) in [6, 6.07) is 29.3. The molecule has 0 aromatic heterocycles. The molecule has 3 atom stereocenters. The Bertz CT molecular complexity index is 1510. The minimum Gasteiger partial charge on any atom is -0.345 e. The van der Waals surface area contributed by atoms with E-state index in [4.69, 9.17) is 0 Å². The highest BCUT2D eigenvalue weighted by Crippen LogP contribution is 2.48. The number of rotatable bonds is 11. The lowest BCUT2D eigenvalue weighted by Crippen LogP contribution is -2.57. The number of hydrogen-bond donors (Lipinski definition) is 6. The van der Waals surface area contributed by atoms with Crippen LogP contribution in [0.5, 0.6) is 0 Å². The maximum atomic E-state index is 12.3. The Morgan fingerprint density at radius 1 is 0.469 bits per heavy atom. The van der Waals surface area contributed by atoms with Crippen LogP contribution in [0.1, 0.15) is 16.7 Å². The Morgan fingerprint density at radius 2 is 0.776 bits per heavy atom. The highest BCUT2D eigenvalue weighted by molar-refractivity contribution is 8.76. The van der Waals surface area contributed by atoms with Crippen LogP contribution in [0, 0.1) is 0 Å². The molecule has 15 heteroatoms. The second-order valence-electron chi connectivity index (χ2n) is 11.2. The van der Waals surface area contributed by atoms with Gasteiger partial charge in [0.05, 0.1) is 24.4 Å². The molecule has 3 aliphatic rings. The molecule has 12 nitrogen and oxygen atoms in total. The van der Waals surface area contributed by atoms with Crippen LogP contribution in [0.15, 0.2) is 91.0 Å². The molecular formula is C34H36N6O6S3. The number of carbonyl (C=O) groups is 6. The lowest BCUT2D eigenvalue weighted by atomic mass is 9.84. The highest BCUT2D eigenvalue weighted by Gasteiger charge is 2.39. The number of hydrogen-bond acceptors (Lipinski definition) is 9. The average Bonchev–Trinajstić information content (AvgIpc) is 3.13. The molecule has 3 saturated heterocycles. The van der Waals surface area contributed by atoms with Crippen LogP contribution in [-0.2, 0) is 33.5 Å². The van der Waals surface area contributed by atoms with Crippen molar-refractivity contribution >= 4 is 68.8 Å². The van der Waals surface area contributed by atoms with Crippen molar-refractivity contribution in [3.05, 3.63) is 108 Å². The summed E-state index contributed by atoms with van der Waals surface area (Å²) < 4.78 is -0.508. The molecule has 49 heavy (non-hydrogen) atoms. The van der Waals surface area contributed by atoms with Crippen molar-refractivity contribution in [1.82, 2.24) is 31.9 Å². The van der Waals surface area contributed by atoms with Gasteiger partial charge in [-0.25, -0.2) is 0 Å². The van der Waals surface area contributed by atoms with Crippen LogP contribution in [0.25, 0.3) is 0 Å². The first-order chi connectivity index (χ1) is 23.8. The summed E-state index contributed by atoms with van der Waals surface area (Å²) in [5.41, 5.74) is 3.39. The third kappa shape index (κ3) is 9.37. The second kappa shape index (κ2) is 17.3. The fraction of sp³-hybridized carbons (Fsp3) is 0.294. The van der Waals surface area contributed by atoms with Crippen LogP contribution < -0.4 is 31.9 Å². The smallest absolute Gasteiger partial charge is 0.243 e. The van der Waals surface area contributed by atoms with Crippen molar-refractivity contribution < 1.29 is 28.8 Å². The van der Waals surface area contributed by atoms with E-state index >= 15 is 0 Å². The Labute approximate surface area is 295 Å². The van der Waals surface area contributed by atoms with Crippen molar-refractivity contribution in [2.24, 2.45) is 0 Å². The molecule has 0 spiro atoms. The first kappa shape index (κ1) is 35.8. The number of thioether (sulfide) groups is 1. The maximum absolute atomic E-state index is 12.3. The summed E-state index contributed by atoms with van der Waals surface area (Å²) in [4.78, 5) is 69.3. The van der Waals surface area contributed by atoms with Crippen LogP contribution in [0.4, 0.5) is 0 Å². The van der Waals surface area contributed by atoms with Gasteiger partial charge in [-0.05, 0) is 16.7 Å². The van der Waals surface area contributed by atoms with Gasteiger partial charge in [-0.3, -0.25) is 28.8 Å². The van der Waals surface area contributed by atoms with E-state index in [1.54, 1.807) is 11.8 Å². The third-order valence-corrected chi connectivity index (χ3v) is 11.8. The second-order valence-corrected chi connectivity index (χ2v) is 15.0. The molecule has 6 rings (SSSR count). The monoisotopic (exact) mass is 720 g/mol. The molecular weight excluding hydrogens is 685 g/mol. The van der Waals surface area contributed by atoms with Crippen molar-refractivity contribution in [3.8, 4) is 0 Å². The molecule has 0 saturated carbocycles. The van der Waals surface area contributed by atoms with Gasteiger partial charge >= 0.3 is 0 Å². The van der Waals surface area contributed by atoms with Crippen molar-refractivity contribution in [3.63, 3.8) is 0 Å². The van der Waals surface area contributed by atoms with Gasteiger partial charge in [-0.1, -0.05) is 113 Å². The molecule has 3 fully saturated rings. The summed E-state index contributed by atoms with van der Waals surface area (Å²) in [7, 11) is 2.74. The zero-order chi connectivity index (χ0) is 34.6. The molecule has 6 N–H and O–H groups in total. The molecule has 256 valence electrons. The van der Waals surface area contributed by atoms with E-state index in [2.05, 4.69) is 68.3 Å². The molecule has 0 aliphatic carbocycles. The van der Waals surface area contributed by atoms with Gasteiger partial charge < -0.3 is 31.9 Å². The SMILES string of the molecule is O=C1CNC(=O)[C@H](CSC(c2ccccc2)(c2ccccc2)c2ccccc2)N1.O=C1CNC(=O)[C@H](CSSC[C@@H]2NC(=O)CNC2=O)N1. The average molecular weight is 721 g/mol. The van der Waals surface area contributed by atoms with E-state index in [0.717, 1.165) is 16.7 Å². The maximum Gasteiger partial charge on any atom is 0.243 e. The van der Waals surface area contributed by atoms with Crippen LogP contribution in [0.2, 0.25) is 0 Å². The Morgan fingerprint density at radius 3 is 1.10 bits per heavy atom. The predicted molar refractivity (Wildman–Crippen MR) is 191 cm³/mol. The minimum absolute atomic E-state index is 0.0153. The number of benzene rings is 3. The first-order valence-electron chi connectivity index (χ1n) is 15.5. The van der Waals surface area contributed by atoms with Crippen LogP contribution >= 0.6 is 33.3 Å². The molecule has 0 unspecified atom stereocenters. The molecule has 3 aliphatic heterocycles. The summed E-state index contributed by atoms with van der Waals surface area (Å²) in [5.74, 6) is 0.145. The summed E-state index contributed by atoms with van der Waals surface area (Å²) in [6.07, 6.45) is 0. The van der Waals surface area contributed by atoms with Gasteiger partial charge in [0, 0.05) is 17.3 Å². The first-order valence-corrected chi connectivity index (χ1v) is 19.0. The van der Waals surface area contributed by atoms with E-state index in [9.17, 15) is 28.8 Å². The number of amides is 6. The zero-order valence-electron chi connectivity index (χ0n) is 26.3. The van der Waals surface area contributed by atoms with E-state index in [-0.39, 0.29) is 55.1 Å². The Kier molecular flexibility index (Phi) is 12.6. The van der Waals surface area contributed by atoms with Crippen molar-refractivity contribution in [2.75, 3.05) is 36.9 Å².